The molecule has 4 aromatic rings. The Balaban J connectivity index is 1.59. The first-order valence-corrected chi connectivity index (χ1v) is 11.5. The molecule has 5 rings (SSSR count). The van der Waals surface area contributed by atoms with Gasteiger partial charge in [-0.25, -0.2) is 15.0 Å². The van der Waals surface area contributed by atoms with Gasteiger partial charge in [0.05, 0.1) is 6.33 Å². The number of hydrogen-bond acceptors (Lipinski definition) is 9. The molecule has 36 heavy (non-hydrogen) atoms. The molecule has 0 aliphatic carbocycles. The van der Waals surface area contributed by atoms with Gasteiger partial charge >= 0.3 is 0 Å². The number of aliphatic hydroxyl groups excluding tert-OH is 2. The zero-order valence-electron chi connectivity index (χ0n) is 19.8. The maximum Gasteiger partial charge on any atom is 0.251 e. The molecule has 2 aromatic heterocycles. The van der Waals surface area contributed by atoms with E-state index in [-0.39, 0.29) is 0 Å². The summed E-state index contributed by atoms with van der Waals surface area (Å²) in [7, 11) is 3.27. The van der Waals surface area contributed by atoms with Crippen LogP contribution < -0.4 is 16.0 Å². The lowest BCUT2D eigenvalue weighted by atomic mass is 10.1. The number of likely N-dealkylation sites (N-methyl/N-ethyl adjacent to an activating group) is 1. The van der Waals surface area contributed by atoms with E-state index >= 15 is 0 Å². The molecule has 2 aromatic carbocycles. The summed E-state index contributed by atoms with van der Waals surface area (Å²) >= 11 is 0. The molecule has 1 saturated heterocycles. The normalized spacial score (nSPS) is 21.4. The minimum absolute atomic E-state index is 0.388. The fourth-order valence-electron chi connectivity index (χ4n) is 4.20. The fraction of sp³-hybridized carbons (Fsp3) is 0.280. The van der Waals surface area contributed by atoms with Crippen molar-refractivity contribution >= 4 is 28.6 Å². The van der Waals surface area contributed by atoms with E-state index in [2.05, 4.69) is 20.9 Å². The standard InChI is InChI=1S/C25H27N7O4/c1-26-16-10-6-9-15(11-16)21-30-22(28-12-14-7-4-3-5-8-14)17-23(31-21)32(13-29-17)25-19(34)18(33)20(36-25)24(35)27-2/h3-11,13,18-20,25-26,33-34H,12H2,1-2H3,(H,27,35)(H,28,30,31). The van der Waals surface area contributed by atoms with E-state index in [0.717, 1.165) is 16.8 Å². The average molecular weight is 490 g/mol. The number of nitrogens with one attached hydrogen (secondary N) is 3. The van der Waals surface area contributed by atoms with Gasteiger partial charge in [0.25, 0.3) is 5.91 Å². The number of carbonyl (C=O) groups is 1. The van der Waals surface area contributed by atoms with E-state index in [9.17, 15) is 15.0 Å². The van der Waals surface area contributed by atoms with E-state index in [1.54, 1.807) is 0 Å². The Morgan fingerprint density at radius 3 is 2.61 bits per heavy atom. The van der Waals surface area contributed by atoms with Gasteiger partial charge in [0.15, 0.2) is 35.1 Å². The first-order valence-electron chi connectivity index (χ1n) is 11.5. The van der Waals surface area contributed by atoms with Gasteiger partial charge in [-0.05, 0) is 17.7 Å². The highest BCUT2D eigenvalue weighted by atomic mass is 16.6. The van der Waals surface area contributed by atoms with E-state index in [1.807, 2.05) is 61.6 Å². The van der Waals surface area contributed by atoms with Gasteiger partial charge in [-0.15, -0.1) is 0 Å². The van der Waals surface area contributed by atoms with Gasteiger partial charge in [-0.1, -0.05) is 42.5 Å². The summed E-state index contributed by atoms with van der Waals surface area (Å²) in [5.74, 6) is 0.411. The molecule has 0 spiro atoms. The van der Waals surface area contributed by atoms with Crippen LogP contribution in [0.15, 0.2) is 60.9 Å². The van der Waals surface area contributed by atoms with Crippen molar-refractivity contribution in [2.24, 2.45) is 0 Å². The molecule has 4 unspecified atom stereocenters. The van der Waals surface area contributed by atoms with Crippen molar-refractivity contribution in [2.75, 3.05) is 24.7 Å². The van der Waals surface area contributed by atoms with Crippen molar-refractivity contribution < 1.29 is 19.7 Å². The predicted octanol–water partition coefficient (Wildman–Crippen LogP) is 1.51. The zero-order chi connectivity index (χ0) is 25.2. The second kappa shape index (κ2) is 9.90. The van der Waals surface area contributed by atoms with Gasteiger partial charge in [-0.2, -0.15) is 0 Å². The van der Waals surface area contributed by atoms with Crippen molar-refractivity contribution in [3.63, 3.8) is 0 Å². The van der Waals surface area contributed by atoms with Crippen LogP contribution in [-0.4, -0.2) is 68.0 Å². The van der Waals surface area contributed by atoms with Crippen LogP contribution in [0.3, 0.4) is 0 Å². The molecule has 11 heteroatoms. The number of aliphatic hydroxyl groups is 2. The molecule has 1 fully saturated rings. The summed E-state index contributed by atoms with van der Waals surface area (Å²) in [5.41, 5.74) is 3.59. The summed E-state index contributed by atoms with van der Waals surface area (Å²) in [6.07, 6.45) is -3.60. The first-order chi connectivity index (χ1) is 17.5. The topological polar surface area (TPSA) is 146 Å². The summed E-state index contributed by atoms with van der Waals surface area (Å²) in [5, 5.41) is 30.0. The first kappa shape index (κ1) is 23.7. The lowest BCUT2D eigenvalue weighted by Crippen LogP contribution is -2.41. The lowest BCUT2D eigenvalue weighted by Gasteiger charge is -2.17. The minimum Gasteiger partial charge on any atom is -0.388 e. The van der Waals surface area contributed by atoms with Crippen LogP contribution in [-0.2, 0) is 16.1 Å². The van der Waals surface area contributed by atoms with E-state index in [0.29, 0.717) is 29.4 Å². The molecule has 0 bridgehead atoms. The van der Waals surface area contributed by atoms with Gasteiger partial charge in [0.1, 0.15) is 12.2 Å². The molecule has 5 N–H and O–H groups in total. The second-order valence-corrected chi connectivity index (χ2v) is 8.43. The Morgan fingerprint density at radius 2 is 1.86 bits per heavy atom. The molecule has 1 aliphatic rings. The highest BCUT2D eigenvalue weighted by molar-refractivity contribution is 5.86. The zero-order valence-corrected chi connectivity index (χ0v) is 19.8. The smallest absolute Gasteiger partial charge is 0.251 e. The van der Waals surface area contributed by atoms with Crippen molar-refractivity contribution in [1.29, 1.82) is 0 Å². The molecule has 3 heterocycles. The number of fused-ring (bicyclic) bond motifs is 1. The third kappa shape index (κ3) is 4.35. The summed E-state index contributed by atoms with van der Waals surface area (Å²) < 4.78 is 7.28. The second-order valence-electron chi connectivity index (χ2n) is 8.43. The molecule has 0 saturated carbocycles. The number of aromatic nitrogens is 4. The number of anilines is 2. The van der Waals surface area contributed by atoms with Crippen LogP contribution in [0.4, 0.5) is 11.5 Å². The largest absolute Gasteiger partial charge is 0.388 e. The van der Waals surface area contributed by atoms with Crippen LogP contribution in [0.5, 0.6) is 0 Å². The van der Waals surface area contributed by atoms with Crippen LogP contribution >= 0.6 is 0 Å². The Hall–Kier alpha value is -4.06. The number of rotatable bonds is 7. The Labute approximate surface area is 207 Å². The van der Waals surface area contributed by atoms with Gasteiger partial charge in [0, 0.05) is 31.9 Å². The maximum absolute atomic E-state index is 12.1. The molecule has 11 nitrogen and oxygen atoms in total. The molecular formula is C25H27N7O4. The van der Waals surface area contributed by atoms with E-state index < -0.39 is 30.4 Å². The highest BCUT2D eigenvalue weighted by Gasteiger charge is 2.47. The van der Waals surface area contributed by atoms with Crippen LogP contribution in [0.25, 0.3) is 22.6 Å². The van der Waals surface area contributed by atoms with Crippen LogP contribution in [0.1, 0.15) is 11.8 Å². The van der Waals surface area contributed by atoms with E-state index in [1.165, 1.54) is 17.9 Å². The molecule has 1 amide bonds. The SMILES string of the molecule is CNC(=O)C1OC(n2cnc3c(NCc4ccccc4)nc(-c4cccc(NC)c4)nc32)C(O)C1O. The van der Waals surface area contributed by atoms with Gasteiger partial charge in [-0.3, -0.25) is 9.36 Å². The average Bonchev–Trinajstić information content (AvgIpc) is 3.48. The molecular weight excluding hydrogens is 462 g/mol. The number of ether oxygens (including phenoxy) is 1. The van der Waals surface area contributed by atoms with Crippen molar-refractivity contribution in [2.45, 2.75) is 31.1 Å². The molecule has 4 atom stereocenters. The summed E-state index contributed by atoms with van der Waals surface area (Å²) in [6.45, 7) is 0.510. The number of amides is 1. The lowest BCUT2D eigenvalue weighted by molar-refractivity contribution is -0.137. The number of nitrogens with zero attached hydrogens (tertiary/aromatic N) is 4. The van der Waals surface area contributed by atoms with E-state index in [4.69, 9.17) is 14.7 Å². The predicted molar refractivity (Wildman–Crippen MR) is 134 cm³/mol. The number of imidazole rings is 1. The third-order valence-corrected chi connectivity index (χ3v) is 6.15. The number of hydrogen-bond donors (Lipinski definition) is 5. The van der Waals surface area contributed by atoms with Gasteiger partial charge in [0.2, 0.25) is 0 Å². The van der Waals surface area contributed by atoms with Crippen LogP contribution in [0, 0.1) is 0 Å². The number of carbonyl (C=O) groups excluding carboxylic acids is 1. The molecule has 0 radical (unpaired) electrons. The number of benzene rings is 2. The third-order valence-electron chi connectivity index (χ3n) is 6.15. The molecule has 1 aliphatic heterocycles. The Morgan fingerprint density at radius 1 is 1.06 bits per heavy atom. The minimum atomic E-state index is -1.41. The maximum atomic E-state index is 12.1. The summed E-state index contributed by atoms with van der Waals surface area (Å²) in [4.78, 5) is 26.1. The summed E-state index contributed by atoms with van der Waals surface area (Å²) in [6, 6.07) is 17.5. The quantitative estimate of drug-likeness (QED) is 0.261. The monoisotopic (exact) mass is 489 g/mol. The van der Waals surface area contributed by atoms with Gasteiger partial charge < -0.3 is 30.9 Å². The van der Waals surface area contributed by atoms with Crippen molar-refractivity contribution in [3.8, 4) is 11.4 Å². The van der Waals surface area contributed by atoms with Crippen molar-refractivity contribution in [3.05, 3.63) is 66.5 Å². The molecule has 186 valence electrons. The fourth-order valence-corrected chi connectivity index (χ4v) is 4.20. The highest BCUT2D eigenvalue weighted by Crippen LogP contribution is 2.34. The van der Waals surface area contributed by atoms with Crippen molar-refractivity contribution in [1.82, 2.24) is 24.8 Å². The van der Waals surface area contributed by atoms with Crippen LogP contribution in [0.2, 0.25) is 0 Å². The Bertz CT molecular complexity index is 1380. The Kier molecular flexibility index (Phi) is 6.51.